The van der Waals surface area contributed by atoms with Gasteiger partial charge in [-0.1, -0.05) is 49.1 Å². The molecule has 132 valence electrons. The molecule has 2 aromatic heterocycles. The van der Waals surface area contributed by atoms with Gasteiger partial charge in [0.05, 0.1) is 6.54 Å². The number of carbonyl (C=O) groups is 1. The van der Waals surface area contributed by atoms with Crippen LogP contribution in [-0.2, 0) is 11.3 Å². The molecule has 1 unspecified atom stereocenters. The van der Waals surface area contributed by atoms with E-state index in [0.29, 0.717) is 18.9 Å². The molecule has 6 heteroatoms. The van der Waals surface area contributed by atoms with Gasteiger partial charge in [0.1, 0.15) is 13.5 Å². The van der Waals surface area contributed by atoms with Crippen molar-refractivity contribution in [3.8, 4) is 11.3 Å². The molecule has 0 radical (unpaired) electrons. The predicted octanol–water partition coefficient (Wildman–Crippen LogP) is 1.80. The van der Waals surface area contributed by atoms with Crippen LogP contribution in [0.4, 0.5) is 0 Å². The molecule has 0 bridgehead atoms. The van der Waals surface area contributed by atoms with Gasteiger partial charge in [-0.15, -0.1) is 0 Å². The largest absolute Gasteiger partial charge is 0.338 e. The summed E-state index contributed by atoms with van der Waals surface area (Å²) in [5.74, 6) is 0.721. The zero-order valence-corrected chi connectivity index (χ0v) is 15.4. The third kappa shape index (κ3) is 3.11. The van der Waals surface area contributed by atoms with E-state index in [1.807, 2.05) is 47.9 Å². The molecule has 0 spiro atoms. The highest BCUT2D eigenvalue weighted by Gasteiger charge is 2.30. The molecule has 1 amide bonds. The molecule has 1 fully saturated rings. The summed E-state index contributed by atoms with van der Waals surface area (Å²) in [5, 5.41) is 4.78. The number of rotatable bonds is 5. The van der Waals surface area contributed by atoms with Gasteiger partial charge in [0.25, 0.3) is 0 Å². The monoisotopic (exact) mass is 346 g/mol. The molecule has 1 atom stereocenters. The van der Waals surface area contributed by atoms with Crippen LogP contribution in [0.2, 0.25) is 0 Å². The van der Waals surface area contributed by atoms with Gasteiger partial charge in [0, 0.05) is 36.5 Å². The first-order valence-electron chi connectivity index (χ1n) is 9.32. The van der Waals surface area contributed by atoms with Crippen LogP contribution >= 0.6 is 0 Å². The van der Waals surface area contributed by atoms with Crippen LogP contribution in [-0.4, -0.2) is 39.8 Å². The third-order valence-electron chi connectivity index (χ3n) is 5.08. The van der Waals surface area contributed by atoms with E-state index in [4.69, 9.17) is 5.10 Å². The van der Waals surface area contributed by atoms with Gasteiger partial charge >= 0.3 is 0 Å². The van der Waals surface area contributed by atoms with E-state index in [-0.39, 0.29) is 5.91 Å². The Labute approximate surface area is 154 Å². The Morgan fingerprint density at radius 3 is 2.85 bits per heavy atom. The lowest BCUT2D eigenvalue weighted by atomic mass is 10.0. The van der Waals surface area contributed by atoms with E-state index in [1.165, 1.54) is 0 Å². The van der Waals surface area contributed by atoms with E-state index in [1.54, 1.807) is 0 Å². The molecule has 0 aliphatic carbocycles. The Bertz CT molecular complexity index is 938. The van der Waals surface area contributed by atoms with Gasteiger partial charge in [-0.05, 0) is 12.3 Å². The molecule has 3 aromatic rings. The quantitative estimate of drug-likeness (QED) is 0.662. The van der Waals surface area contributed by atoms with E-state index in [9.17, 15) is 4.79 Å². The summed E-state index contributed by atoms with van der Waals surface area (Å²) >= 11 is 0. The second-order valence-corrected chi connectivity index (χ2v) is 7.23. The smallest absolute Gasteiger partial charge is 0.223 e. The zero-order valence-electron chi connectivity index (χ0n) is 15.4. The third-order valence-corrected chi connectivity index (χ3v) is 5.08. The number of benzene rings is 1. The Balaban J connectivity index is 1.74. The van der Waals surface area contributed by atoms with Gasteiger partial charge in [-0.2, -0.15) is 5.10 Å². The first-order valence-corrected chi connectivity index (χ1v) is 9.32. The van der Waals surface area contributed by atoms with E-state index < -0.39 is 0 Å². The average Bonchev–Trinajstić information content (AvgIpc) is 3.16. The summed E-state index contributed by atoms with van der Waals surface area (Å²) < 4.78 is 1.84. The fourth-order valence-electron chi connectivity index (χ4n) is 3.85. The average molecular weight is 346 g/mol. The minimum absolute atomic E-state index is 0.244. The maximum absolute atomic E-state index is 12.5. The van der Waals surface area contributed by atoms with Crippen molar-refractivity contribution in [1.82, 2.24) is 19.5 Å². The first-order chi connectivity index (χ1) is 12.7. The molecule has 0 N–H and O–H groups in total. The standard InChI is InChI=1S/C20H23BN4O/c1-2-6-14-9-18(26)24(11-14)13-17-19(15-7-4-3-5-8-15)23-25-12-16(21)10-22-20(17)25/h3-5,7-8,10,12,14H,2,6,9,11,13,21H2,1H3. The van der Waals surface area contributed by atoms with Gasteiger partial charge < -0.3 is 4.90 Å². The van der Waals surface area contributed by atoms with E-state index in [2.05, 4.69) is 24.0 Å². The molecular weight excluding hydrogens is 323 g/mol. The number of carbonyl (C=O) groups excluding carboxylic acids is 1. The number of nitrogens with zero attached hydrogens (tertiary/aromatic N) is 4. The summed E-state index contributed by atoms with van der Waals surface area (Å²) in [6.45, 7) is 3.59. The molecule has 1 aliphatic heterocycles. The predicted molar refractivity (Wildman–Crippen MR) is 105 cm³/mol. The van der Waals surface area contributed by atoms with Crippen molar-refractivity contribution in [3.05, 3.63) is 48.3 Å². The lowest BCUT2D eigenvalue weighted by Gasteiger charge is -2.17. The topological polar surface area (TPSA) is 50.5 Å². The Morgan fingerprint density at radius 2 is 2.08 bits per heavy atom. The van der Waals surface area contributed by atoms with Gasteiger partial charge in [-0.3, -0.25) is 4.79 Å². The summed E-state index contributed by atoms with van der Waals surface area (Å²) in [6, 6.07) is 10.1. The number of hydrogen-bond donors (Lipinski definition) is 0. The van der Waals surface area contributed by atoms with Crippen LogP contribution in [0.5, 0.6) is 0 Å². The van der Waals surface area contributed by atoms with Gasteiger partial charge in [0.15, 0.2) is 5.65 Å². The molecule has 3 heterocycles. The highest BCUT2D eigenvalue weighted by atomic mass is 16.2. The van der Waals surface area contributed by atoms with Crippen molar-refractivity contribution in [2.24, 2.45) is 5.92 Å². The van der Waals surface area contributed by atoms with E-state index in [0.717, 1.165) is 47.3 Å². The SMILES string of the molecule is Bc1cnc2c(CN3CC(CCC)CC3=O)c(-c3ccccc3)nn2c1. The normalized spacial score (nSPS) is 17.3. The summed E-state index contributed by atoms with van der Waals surface area (Å²) in [4.78, 5) is 19.1. The van der Waals surface area contributed by atoms with Crippen molar-refractivity contribution >= 4 is 24.9 Å². The highest BCUT2D eigenvalue weighted by Crippen LogP contribution is 2.29. The fraction of sp³-hybridized carbons (Fsp3) is 0.350. The van der Waals surface area contributed by atoms with Crippen LogP contribution in [0.15, 0.2) is 42.7 Å². The van der Waals surface area contributed by atoms with Crippen LogP contribution < -0.4 is 5.46 Å². The molecule has 1 aromatic carbocycles. The number of hydrogen-bond acceptors (Lipinski definition) is 3. The number of aromatic nitrogens is 3. The molecule has 1 saturated heterocycles. The fourth-order valence-corrected chi connectivity index (χ4v) is 3.85. The van der Waals surface area contributed by atoms with Crippen LogP contribution in [0.25, 0.3) is 16.9 Å². The van der Waals surface area contributed by atoms with Gasteiger partial charge in [0.2, 0.25) is 5.91 Å². The highest BCUT2D eigenvalue weighted by molar-refractivity contribution is 6.31. The Morgan fingerprint density at radius 1 is 1.27 bits per heavy atom. The lowest BCUT2D eigenvalue weighted by molar-refractivity contribution is -0.128. The summed E-state index contributed by atoms with van der Waals surface area (Å²) in [5.41, 5.74) is 4.90. The van der Waals surface area contributed by atoms with Crippen molar-refractivity contribution in [2.75, 3.05) is 6.54 Å². The Hall–Kier alpha value is -2.63. The molecule has 1 aliphatic rings. The minimum Gasteiger partial charge on any atom is -0.338 e. The second-order valence-electron chi connectivity index (χ2n) is 7.23. The maximum Gasteiger partial charge on any atom is 0.223 e. The van der Waals surface area contributed by atoms with Crippen LogP contribution in [0.3, 0.4) is 0 Å². The number of likely N-dealkylation sites (tertiary alicyclic amines) is 1. The van der Waals surface area contributed by atoms with Crippen molar-refractivity contribution in [2.45, 2.75) is 32.7 Å². The van der Waals surface area contributed by atoms with E-state index >= 15 is 0 Å². The summed E-state index contributed by atoms with van der Waals surface area (Å²) in [7, 11) is 2.01. The minimum atomic E-state index is 0.244. The van der Waals surface area contributed by atoms with Gasteiger partial charge in [-0.25, -0.2) is 9.50 Å². The molecule has 4 rings (SSSR count). The number of fused-ring (bicyclic) bond motifs is 1. The van der Waals surface area contributed by atoms with Crippen molar-refractivity contribution < 1.29 is 4.79 Å². The zero-order chi connectivity index (χ0) is 18.1. The summed E-state index contributed by atoms with van der Waals surface area (Å²) in [6.07, 6.45) is 6.75. The lowest BCUT2D eigenvalue weighted by Crippen LogP contribution is -2.25. The van der Waals surface area contributed by atoms with Crippen LogP contribution in [0.1, 0.15) is 31.7 Å². The molecule has 5 nitrogen and oxygen atoms in total. The molecular formula is C20H23BN4O. The number of amides is 1. The molecule has 26 heavy (non-hydrogen) atoms. The maximum atomic E-state index is 12.5. The molecule has 0 saturated carbocycles. The van der Waals surface area contributed by atoms with Crippen molar-refractivity contribution in [1.29, 1.82) is 0 Å². The first kappa shape index (κ1) is 16.8. The van der Waals surface area contributed by atoms with Crippen LogP contribution in [0, 0.1) is 5.92 Å². The van der Waals surface area contributed by atoms with Crippen molar-refractivity contribution in [3.63, 3.8) is 0 Å². The Kier molecular flexibility index (Phi) is 4.49. The second kappa shape index (κ2) is 6.94.